The summed E-state index contributed by atoms with van der Waals surface area (Å²) in [6, 6.07) is 6.31. The first kappa shape index (κ1) is 16.6. The number of aromatic nitrogens is 1. The number of H-pyrrole nitrogens is 1. The van der Waals surface area contributed by atoms with Crippen LogP contribution in [0.3, 0.4) is 0 Å². The summed E-state index contributed by atoms with van der Waals surface area (Å²) in [5.41, 5.74) is 1.87. The second-order valence-corrected chi connectivity index (χ2v) is 7.85. The smallest absolute Gasteiger partial charge is 0.132 e. The van der Waals surface area contributed by atoms with Gasteiger partial charge in [0.05, 0.1) is 10.6 Å². The first-order valence-electron chi connectivity index (χ1n) is 8.97. The summed E-state index contributed by atoms with van der Waals surface area (Å²) in [4.78, 5) is 12.5. The lowest BCUT2D eigenvalue weighted by molar-refractivity contribution is 0.259. The van der Waals surface area contributed by atoms with Gasteiger partial charge in [-0.2, -0.15) is 0 Å². The number of likely N-dealkylation sites (tertiary alicyclic amines) is 1. The van der Waals surface area contributed by atoms with E-state index in [9.17, 15) is 4.39 Å². The number of aromatic amines is 1. The Bertz CT molecular complexity index is 881. The van der Waals surface area contributed by atoms with Gasteiger partial charge in [-0.1, -0.05) is 6.08 Å². The van der Waals surface area contributed by atoms with Gasteiger partial charge in [-0.3, -0.25) is 9.89 Å². The molecule has 130 valence electrons. The standard InChI is InChI=1S/C20H22FN3S/c21-16-4-2-11-24(12-9-16)14-19-8-7-18(25-19)6-5-17-13-15-3-1-10-22-20(15)23-17/h3,7-8,13,16H,1-2,4,9-12,14H2,(H,22,23). The Morgan fingerprint density at radius 1 is 1.28 bits per heavy atom. The van der Waals surface area contributed by atoms with Crippen molar-refractivity contribution in [3.8, 4) is 11.8 Å². The molecule has 1 N–H and O–H groups in total. The molecule has 0 radical (unpaired) electrons. The van der Waals surface area contributed by atoms with Crippen molar-refractivity contribution < 1.29 is 4.39 Å². The van der Waals surface area contributed by atoms with Crippen LogP contribution in [0.25, 0.3) is 6.08 Å². The van der Waals surface area contributed by atoms with E-state index in [1.807, 2.05) is 0 Å². The van der Waals surface area contributed by atoms with Crippen LogP contribution in [0.1, 0.15) is 41.1 Å². The Morgan fingerprint density at radius 2 is 2.24 bits per heavy atom. The lowest BCUT2D eigenvalue weighted by Crippen LogP contribution is -2.25. The molecule has 1 fully saturated rings. The van der Waals surface area contributed by atoms with Crippen molar-refractivity contribution in [1.29, 1.82) is 0 Å². The van der Waals surface area contributed by atoms with Gasteiger partial charge in [-0.15, -0.1) is 11.3 Å². The van der Waals surface area contributed by atoms with Crippen molar-refractivity contribution in [1.82, 2.24) is 9.88 Å². The zero-order valence-corrected chi connectivity index (χ0v) is 15.0. The molecule has 4 heterocycles. The Morgan fingerprint density at radius 3 is 3.16 bits per heavy atom. The maximum atomic E-state index is 13.5. The van der Waals surface area contributed by atoms with E-state index >= 15 is 0 Å². The summed E-state index contributed by atoms with van der Waals surface area (Å²) in [6.07, 6.45) is 4.92. The van der Waals surface area contributed by atoms with Crippen LogP contribution >= 0.6 is 11.3 Å². The van der Waals surface area contributed by atoms with Crippen LogP contribution in [-0.2, 0) is 6.54 Å². The molecule has 25 heavy (non-hydrogen) atoms. The van der Waals surface area contributed by atoms with Gasteiger partial charge in [0.15, 0.2) is 0 Å². The summed E-state index contributed by atoms with van der Waals surface area (Å²) in [7, 11) is 0. The molecule has 2 aromatic heterocycles. The van der Waals surface area contributed by atoms with E-state index in [4.69, 9.17) is 0 Å². The molecule has 1 saturated heterocycles. The van der Waals surface area contributed by atoms with Crippen LogP contribution in [0.4, 0.5) is 4.39 Å². The maximum Gasteiger partial charge on any atom is 0.132 e. The summed E-state index contributed by atoms with van der Waals surface area (Å²) in [5.74, 6) is 6.46. The zero-order chi connectivity index (χ0) is 17.1. The third-order valence-corrected chi connectivity index (χ3v) is 5.69. The molecular weight excluding hydrogens is 333 g/mol. The molecule has 0 amide bonds. The number of rotatable bonds is 2. The highest BCUT2D eigenvalue weighted by atomic mass is 32.1. The first-order chi connectivity index (χ1) is 12.3. The van der Waals surface area contributed by atoms with Crippen molar-refractivity contribution in [2.75, 3.05) is 19.6 Å². The van der Waals surface area contributed by atoms with Gasteiger partial charge in [0.2, 0.25) is 0 Å². The van der Waals surface area contributed by atoms with Crippen molar-refractivity contribution >= 4 is 17.4 Å². The van der Waals surface area contributed by atoms with Crippen molar-refractivity contribution in [2.24, 2.45) is 4.99 Å². The van der Waals surface area contributed by atoms with Crippen LogP contribution in [0.2, 0.25) is 0 Å². The highest BCUT2D eigenvalue weighted by Crippen LogP contribution is 2.20. The van der Waals surface area contributed by atoms with Gasteiger partial charge in [0.25, 0.3) is 0 Å². The van der Waals surface area contributed by atoms with E-state index in [-0.39, 0.29) is 0 Å². The molecule has 3 nitrogen and oxygen atoms in total. The van der Waals surface area contributed by atoms with Gasteiger partial charge in [-0.05, 0) is 62.3 Å². The molecular formula is C20H22FN3S. The average Bonchev–Trinajstić information content (AvgIpc) is 3.18. The number of halogens is 1. The highest BCUT2D eigenvalue weighted by Gasteiger charge is 2.16. The second-order valence-electron chi connectivity index (χ2n) is 6.68. The molecule has 0 spiro atoms. The van der Waals surface area contributed by atoms with E-state index in [1.165, 1.54) is 4.88 Å². The van der Waals surface area contributed by atoms with Crippen LogP contribution < -0.4 is 10.7 Å². The molecule has 0 aliphatic carbocycles. The molecule has 0 bridgehead atoms. The Kier molecular flexibility index (Phi) is 5.00. The molecule has 2 aromatic rings. The number of alkyl halides is 1. The second kappa shape index (κ2) is 7.55. The van der Waals surface area contributed by atoms with Crippen molar-refractivity contribution in [2.45, 2.75) is 38.4 Å². The fourth-order valence-electron chi connectivity index (χ4n) is 3.36. The molecule has 0 saturated carbocycles. The van der Waals surface area contributed by atoms with E-state index in [0.717, 1.165) is 60.3 Å². The molecule has 1 atom stereocenters. The van der Waals surface area contributed by atoms with Crippen LogP contribution in [0.15, 0.2) is 23.2 Å². The van der Waals surface area contributed by atoms with Crippen LogP contribution in [-0.4, -0.2) is 35.7 Å². The van der Waals surface area contributed by atoms with E-state index in [0.29, 0.717) is 12.8 Å². The summed E-state index contributed by atoms with van der Waals surface area (Å²) < 4.78 is 13.5. The fraction of sp³-hybridized carbons (Fsp3) is 0.450. The Hall–Kier alpha value is -1.90. The lowest BCUT2D eigenvalue weighted by atomic mass is 10.2. The van der Waals surface area contributed by atoms with E-state index in [2.05, 4.69) is 51.0 Å². The number of nitrogens with zero attached hydrogens (tertiary/aromatic N) is 2. The minimum Gasteiger partial charge on any atom is -0.333 e. The van der Waals surface area contributed by atoms with Crippen LogP contribution in [0, 0.1) is 11.8 Å². The molecule has 5 heteroatoms. The van der Waals surface area contributed by atoms with Gasteiger partial charge < -0.3 is 4.98 Å². The number of hydrogen-bond acceptors (Lipinski definition) is 3. The van der Waals surface area contributed by atoms with E-state index < -0.39 is 6.17 Å². The Labute approximate surface area is 151 Å². The highest BCUT2D eigenvalue weighted by molar-refractivity contribution is 7.12. The predicted molar refractivity (Wildman–Crippen MR) is 99.8 cm³/mol. The lowest BCUT2D eigenvalue weighted by Gasteiger charge is -2.18. The SMILES string of the molecule is FC1CCCN(Cc2ccc(C#Cc3cc4c([nH]3)=NCCC=4)s2)CC1. The number of nitrogens with one attached hydrogen (secondary N) is 1. The summed E-state index contributed by atoms with van der Waals surface area (Å²) >= 11 is 1.73. The zero-order valence-electron chi connectivity index (χ0n) is 14.2. The summed E-state index contributed by atoms with van der Waals surface area (Å²) in [6.45, 7) is 3.61. The van der Waals surface area contributed by atoms with E-state index in [1.54, 1.807) is 11.3 Å². The normalized spacial score (nSPS) is 20.6. The number of fused-ring (bicyclic) bond motifs is 1. The summed E-state index contributed by atoms with van der Waals surface area (Å²) in [5, 5.41) is 1.16. The molecule has 4 rings (SSSR count). The number of hydrogen-bond donors (Lipinski definition) is 1. The third kappa shape index (κ3) is 4.20. The topological polar surface area (TPSA) is 31.4 Å². The van der Waals surface area contributed by atoms with Crippen molar-refractivity contribution in [3.05, 3.63) is 44.4 Å². The predicted octanol–water partition coefficient (Wildman–Crippen LogP) is 2.60. The molecule has 0 aromatic carbocycles. The Balaban J connectivity index is 1.43. The van der Waals surface area contributed by atoms with Gasteiger partial charge in [0.1, 0.15) is 11.7 Å². The molecule has 2 aliphatic heterocycles. The van der Waals surface area contributed by atoms with Gasteiger partial charge >= 0.3 is 0 Å². The molecule has 1 unspecified atom stereocenters. The monoisotopic (exact) mass is 355 g/mol. The largest absolute Gasteiger partial charge is 0.333 e. The molecule has 2 aliphatic rings. The average molecular weight is 355 g/mol. The quantitative estimate of drug-likeness (QED) is 0.825. The minimum absolute atomic E-state index is 0.620. The van der Waals surface area contributed by atoms with Gasteiger partial charge in [0, 0.05) is 29.7 Å². The third-order valence-electron chi connectivity index (χ3n) is 4.70. The first-order valence-corrected chi connectivity index (χ1v) is 9.79. The fourth-order valence-corrected chi connectivity index (χ4v) is 4.27. The van der Waals surface area contributed by atoms with Crippen molar-refractivity contribution in [3.63, 3.8) is 0 Å². The van der Waals surface area contributed by atoms with Crippen LogP contribution in [0.5, 0.6) is 0 Å². The van der Waals surface area contributed by atoms with Gasteiger partial charge in [-0.25, -0.2) is 4.39 Å². The minimum atomic E-state index is -0.620. The maximum absolute atomic E-state index is 13.5. The number of thiophene rings is 1.